The fourth-order valence-electron chi connectivity index (χ4n) is 1.79. The molecule has 1 aliphatic heterocycles. The lowest BCUT2D eigenvalue weighted by molar-refractivity contribution is -0.119. The van der Waals surface area contributed by atoms with Crippen LogP contribution in [0.3, 0.4) is 0 Å². The van der Waals surface area contributed by atoms with Crippen molar-refractivity contribution in [2.75, 3.05) is 13.1 Å². The third kappa shape index (κ3) is 3.42. The molecule has 0 bridgehead atoms. The van der Waals surface area contributed by atoms with Gasteiger partial charge < -0.3 is 10.6 Å². The summed E-state index contributed by atoms with van der Waals surface area (Å²) in [6.45, 7) is 1.71. The van der Waals surface area contributed by atoms with Crippen molar-refractivity contribution < 1.29 is 4.79 Å². The summed E-state index contributed by atoms with van der Waals surface area (Å²) in [5.74, 6) is 0.779. The van der Waals surface area contributed by atoms with Gasteiger partial charge in [-0.1, -0.05) is 22.6 Å². The van der Waals surface area contributed by atoms with E-state index in [9.17, 15) is 4.79 Å². The van der Waals surface area contributed by atoms with Crippen molar-refractivity contribution in [2.24, 2.45) is 11.7 Å². The zero-order valence-corrected chi connectivity index (χ0v) is 9.94. The summed E-state index contributed by atoms with van der Waals surface area (Å²) in [6, 6.07) is 0. The highest BCUT2D eigenvalue weighted by Gasteiger charge is 2.24. The molecule has 1 heterocycles. The van der Waals surface area contributed by atoms with Crippen molar-refractivity contribution in [3.8, 4) is 0 Å². The molecule has 2 atom stereocenters. The van der Waals surface area contributed by atoms with Crippen LogP contribution in [0.2, 0.25) is 0 Å². The first kappa shape index (κ1) is 11.2. The number of halogens is 1. The molecule has 0 radical (unpaired) electrons. The van der Waals surface area contributed by atoms with E-state index in [4.69, 9.17) is 5.73 Å². The van der Waals surface area contributed by atoms with Crippen LogP contribution in [0, 0.1) is 5.92 Å². The van der Waals surface area contributed by atoms with Crippen LogP contribution in [0.25, 0.3) is 0 Å². The van der Waals surface area contributed by atoms with Crippen LogP contribution >= 0.6 is 22.6 Å². The summed E-state index contributed by atoms with van der Waals surface area (Å²) in [4.78, 5) is 12.5. The number of alkyl halides is 1. The molecule has 2 unspecified atom stereocenters. The molecule has 1 rings (SSSR count). The summed E-state index contributed by atoms with van der Waals surface area (Å²) >= 11 is 2.35. The topological polar surface area (TPSA) is 46.3 Å². The number of nitrogens with zero attached hydrogens (tertiary/aromatic N) is 1. The Bertz CT molecular complexity index is 166. The Morgan fingerprint density at radius 3 is 2.92 bits per heavy atom. The second-order valence-electron chi connectivity index (χ2n) is 3.60. The molecular formula is C9H17IN2O. The maximum atomic E-state index is 10.6. The lowest BCUT2D eigenvalue weighted by Gasteiger charge is -2.33. The van der Waals surface area contributed by atoms with E-state index in [0.717, 1.165) is 44.7 Å². The van der Waals surface area contributed by atoms with Crippen LogP contribution in [0.4, 0.5) is 0 Å². The molecule has 0 aliphatic carbocycles. The maximum absolute atomic E-state index is 10.6. The number of carbonyl (C=O) groups excluding carboxylic acids is 1. The van der Waals surface area contributed by atoms with E-state index in [0.29, 0.717) is 4.05 Å². The van der Waals surface area contributed by atoms with Gasteiger partial charge in [0, 0.05) is 6.54 Å². The summed E-state index contributed by atoms with van der Waals surface area (Å²) in [7, 11) is 0. The Morgan fingerprint density at radius 1 is 1.62 bits per heavy atom. The number of rotatable bonds is 4. The molecule has 0 spiro atoms. The Balaban J connectivity index is 2.28. The average Bonchev–Trinajstić information content (AvgIpc) is 2.15. The van der Waals surface area contributed by atoms with E-state index in [2.05, 4.69) is 22.6 Å². The molecule has 1 aliphatic rings. The van der Waals surface area contributed by atoms with Gasteiger partial charge in [0.05, 0.1) is 4.05 Å². The standard InChI is InChI=1S/C9H17IN2O/c10-9-6-8(2-1-4-11)3-5-12(9)7-13/h7-9H,1-6,11H2. The fourth-order valence-corrected chi connectivity index (χ4v) is 2.92. The Labute approximate surface area is 93.2 Å². The van der Waals surface area contributed by atoms with Gasteiger partial charge in [-0.05, 0) is 38.1 Å². The van der Waals surface area contributed by atoms with Crippen LogP contribution in [-0.4, -0.2) is 28.4 Å². The lowest BCUT2D eigenvalue weighted by atomic mass is 9.92. The minimum Gasteiger partial charge on any atom is -0.333 e. The van der Waals surface area contributed by atoms with Gasteiger partial charge in [-0.3, -0.25) is 4.79 Å². The van der Waals surface area contributed by atoms with Crippen molar-refractivity contribution in [1.82, 2.24) is 4.90 Å². The second-order valence-corrected chi connectivity index (χ2v) is 5.04. The smallest absolute Gasteiger partial charge is 0.210 e. The predicted molar refractivity (Wildman–Crippen MR) is 61.6 cm³/mol. The van der Waals surface area contributed by atoms with E-state index in [1.807, 2.05) is 4.90 Å². The average molecular weight is 296 g/mol. The van der Waals surface area contributed by atoms with Gasteiger partial charge in [-0.15, -0.1) is 0 Å². The van der Waals surface area contributed by atoms with Gasteiger partial charge >= 0.3 is 0 Å². The monoisotopic (exact) mass is 296 g/mol. The minimum atomic E-state index is 0.395. The molecule has 76 valence electrons. The third-order valence-electron chi connectivity index (χ3n) is 2.64. The third-order valence-corrected chi connectivity index (χ3v) is 3.86. The molecule has 0 saturated carbocycles. The van der Waals surface area contributed by atoms with Crippen molar-refractivity contribution in [1.29, 1.82) is 0 Å². The highest BCUT2D eigenvalue weighted by atomic mass is 127. The molecule has 1 saturated heterocycles. The van der Waals surface area contributed by atoms with Gasteiger partial charge in [-0.2, -0.15) is 0 Å². The Kier molecular flexibility index (Phi) is 5.01. The maximum Gasteiger partial charge on any atom is 0.210 e. The van der Waals surface area contributed by atoms with Crippen LogP contribution in [-0.2, 0) is 4.79 Å². The van der Waals surface area contributed by atoms with Gasteiger partial charge in [0.15, 0.2) is 0 Å². The Morgan fingerprint density at radius 2 is 2.38 bits per heavy atom. The number of hydrogen-bond donors (Lipinski definition) is 1. The van der Waals surface area contributed by atoms with Gasteiger partial charge in [-0.25, -0.2) is 0 Å². The van der Waals surface area contributed by atoms with Crippen molar-refractivity contribution in [2.45, 2.75) is 29.7 Å². The van der Waals surface area contributed by atoms with Crippen molar-refractivity contribution in [3.05, 3.63) is 0 Å². The molecule has 0 aromatic rings. The van der Waals surface area contributed by atoms with Crippen LogP contribution < -0.4 is 5.73 Å². The molecule has 1 amide bonds. The van der Waals surface area contributed by atoms with Crippen molar-refractivity contribution in [3.63, 3.8) is 0 Å². The Hall–Kier alpha value is 0.160. The number of likely N-dealkylation sites (tertiary alicyclic amines) is 1. The van der Waals surface area contributed by atoms with Crippen LogP contribution in [0.1, 0.15) is 25.7 Å². The first-order valence-corrected chi connectivity index (χ1v) is 6.07. The normalized spacial score (nSPS) is 28.9. The number of hydrogen-bond acceptors (Lipinski definition) is 2. The molecule has 0 aromatic heterocycles. The molecule has 1 fully saturated rings. The zero-order chi connectivity index (χ0) is 9.68. The summed E-state index contributed by atoms with van der Waals surface area (Å²) in [5, 5.41) is 0. The SMILES string of the molecule is NCCCC1CCN(C=O)C(I)C1. The van der Waals surface area contributed by atoms with Crippen LogP contribution in [0.5, 0.6) is 0 Å². The first-order valence-electron chi connectivity index (χ1n) is 4.83. The molecule has 13 heavy (non-hydrogen) atoms. The molecule has 4 heteroatoms. The number of amides is 1. The van der Waals surface area contributed by atoms with E-state index in [1.54, 1.807) is 0 Å². The zero-order valence-electron chi connectivity index (χ0n) is 7.79. The van der Waals surface area contributed by atoms with Gasteiger partial charge in [0.2, 0.25) is 6.41 Å². The first-order chi connectivity index (χ1) is 6.27. The number of piperidine rings is 1. The second kappa shape index (κ2) is 5.80. The summed E-state index contributed by atoms with van der Waals surface area (Å²) in [5.41, 5.74) is 5.47. The van der Waals surface area contributed by atoms with Gasteiger partial charge in [0.1, 0.15) is 0 Å². The highest BCUT2D eigenvalue weighted by Crippen LogP contribution is 2.28. The quantitative estimate of drug-likeness (QED) is 0.368. The molecule has 0 aromatic carbocycles. The molecule has 2 N–H and O–H groups in total. The predicted octanol–water partition coefficient (Wildman–Crippen LogP) is 1.35. The molecule has 3 nitrogen and oxygen atoms in total. The molecular weight excluding hydrogens is 279 g/mol. The van der Waals surface area contributed by atoms with Gasteiger partial charge in [0.25, 0.3) is 0 Å². The lowest BCUT2D eigenvalue weighted by Crippen LogP contribution is -2.37. The van der Waals surface area contributed by atoms with E-state index >= 15 is 0 Å². The van der Waals surface area contributed by atoms with Crippen molar-refractivity contribution >= 4 is 29.0 Å². The fraction of sp³-hybridized carbons (Fsp3) is 0.889. The largest absolute Gasteiger partial charge is 0.333 e. The highest BCUT2D eigenvalue weighted by molar-refractivity contribution is 14.1. The van der Waals surface area contributed by atoms with Crippen LogP contribution in [0.15, 0.2) is 0 Å². The summed E-state index contributed by atoms with van der Waals surface area (Å²) < 4.78 is 0.395. The van der Waals surface area contributed by atoms with E-state index in [-0.39, 0.29) is 0 Å². The summed E-state index contributed by atoms with van der Waals surface area (Å²) in [6.07, 6.45) is 5.60. The number of carbonyl (C=O) groups is 1. The minimum absolute atomic E-state index is 0.395. The van der Waals surface area contributed by atoms with E-state index in [1.165, 1.54) is 6.42 Å². The number of nitrogens with two attached hydrogens (primary N) is 1. The van der Waals surface area contributed by atoms with E-state index < -0.39 is 0 Å².